The number of likely N-dealkylation sites (tertiary alicyclic amines) is 1. The Bertz CT molecular complexity index is 678. The number of thiophene rings is 1. The van der Waals surface area contributed by atoms with Crippen LogP contribution in [-0.2, 0) is 17.6 Å². The molecule has 1 amide bonds. The number of aryl methyl sites for hydroxylation is 2. The van der Waals surface area contributed by atoms with Crippen LogP contribution < -0.4 is 0 Å². The van der Waals surface area contributed by atoms with Crippen LogP contribution in [0.15, 0.2) is 28.7 Å². The smallest absolute Gasteiger partial charge is 0.223 e. The summed E-state index contributed by atoms with van der Waals surface area (Å²) in [5.74, 6) is 2.16. The monoisotopic (exact) mass is 365 g/mol. The lowest BCUT2D eigenvalue weighted by Gasteiger charge is -2.28. The summed E-state index contributed by atoms with van der Waals surface area (Å²) in [7, 11) is 0. The highest BCUT2D eigenvalue weighted by Crippen LogP contribution is 2.32. The van der Waals surface area contributed by atoms with E-state index in [0.717, 1.165) is 54.5 Å². The molecule has 1 saturated heterocycles. The highest BCUT2D eigenvalue weighted by atomic mass is 35.5. The van der Waals surface area contributed by atoms with Crippen LogP contribution in [0.3, 0.4) is 0 Å². The van der Waals surface area contributed by atoms with E-state index in [-0.39, 0.29) is 11.9 Å². The molecule has 24 heavy (non-hydrogen) atoms. The second kappa shape index (κ2) is 8.21. The van der Waals surface area contributed by atoms with Crippen molar-refractivity contribution in [1.29, 1.82) is 0 Å². The van der Waals surface area contributed by atoms with Gasteiger partial charge in [-0.3, -0.25) is 4.79 Å². The number of amides is 1. The fraction of sp³-hybridized carbons (Fsp3) is 0.526. The Morgan fingerprint density at radius 3 is 2.88 bits per heavy atom. The molecule has 3 nitrogen and oxygen atoms in total. The molecule has 1 unspecified atom stereocenters. The molecule has 130 valence electrons. The van der Waals surface area contributed by atoms with Crippen molar-refractivity contribution >= 4 is 28.8 Å². The standard InChI is InChI=1S/C19H24ClNO2S/c1-2-14-7-10-17(23-14)16-6-4-3-5-13-21(16)19(22)12-9-15-8-11-18(20)24-15/h7-8,10-11,16H,2-6,9,12-13H2,1H3. The zero-order valence-corrected chi connectivity index (χ0v) is 15.7. The third kappa shape index (κ3) is 4.22. The van der Waals surface area contributed by atoms with Gasteiger partial charge in [-0.2, -0.15) is 0 Å². The normalized spacial score (nSPS) is 18.6. The fourth-order valence-corrected chi connectivity index (χ4v) is 4.41. The van der Waals surface area contributed by atoms with Crippen molar-refractivity contribution in [3.8, 4) is 0 Å². The van der Waals surface area contributed by atoms with E-state index < -0.39 is 0 Å². The number of halogens is 1. The van der Waals surface area contributed by atoms with Gasteiger partial charge >= 0.3 is 0 Å². The lowest BCUT2D eigenvalue weighted by atomic mass is 10.1. The lowest BCUT2D eigenvalue weighted by molar-refractivity contribution is -0.134. The minimum Gasteiger partial charge on any atom is -0.464 e. The van der Waals surface area contributed by atoms with Gasteiger partial charge in [-0.1, -0.05) is 31.4 Å². The number of rotatable bonds is 5. The number of furan rings is 1. The van der Waals surface area contributed by atoms with Crippen molar-refractivity contribution in [2.24, 2.45) is 0 Å². The van der Waals surface area contributed by atoms with Gasteiger partial charge in [0.15, 0.2) is 0 Å². The SMILES string of the molecule is CCc1ccc(C2CCCCCN2C(=O)CCc2ccc(Cl)s2)o1. The first-order valence-electron chi connectivity index (χ1n) is 8.79. The topological polar surface area (TPSA) is 33.5 Å². The van der Waals surface area contributed by atoms with E-state index in [2.05, 4.69) is 6.92 Å². The maximum atomic E-state index is 12.8. The van der Waals surface area contributed by atoms with Gasteiger partial charge in [-0.15, -0.1) is 11.3 Å². The van der Waals surface area contributed by atoms with Crippen molar-refractivity contribution in [3.05, 3.63) is 45.0 Å². The van der Waals surface area contributed by atoms with Gasteiger partial charge in [0, 0.05) is 24.3 Å². The second-order valence-electron chi connectivity index (χ2n) is 6.32. The first kappa shape index (κ1) is 17.6. The summed E-state index contributed by atoms with van der Waals surface area (Å²) in [6.45, 7) is 2.92. The van der Waals surface area contributed by atoms with E-state index in [4.69, 9.17) is 16.0 Å². The Morgan fingerprint density at radius 1 is 1.29 bits per heavy atom. The highest BCUT2D eigenvalue weighted by molar-refractivity contribution is 7.16. The third-order valence-electron chi connectivity index (χ3n) is 4.65. The Kier molecular flexibility index (Phi) is 6.01. The maximum Gasteiger partial charge on any atom is 0.223 e. The molecule has 1 aliphatic rings. The minimum absolute atomic E-state index is 0.0900. The summed E-state index contributed by atoms with van der Waals surface area (Å²) in [5, 5.41) is 0. The van der Waals surface area contributed by atoms with Crippen molar-refractivity contribution < 1.29 is 9.21 Å². The summed E-state index contributed by atoms with van der Waals surface area (Å²) < 4.78 is 6.75. The Labute approximate surface area is 152 Å². The molecule has 5 heteroatoms. The van der Waals surface area contributed by atoms with Crippen LogP contribution in [0.1, 0.15) is 61.5 Å². The molecule has 1 atom stereocenters. The molecule has 2 aromatic heterocycles. The van der Waals surface area contributed by atoms with Crippen molar-refractivity contribution in [1.82, 2.24) is 4.90 Å². The quantitative estimate of drug-likeness (QED) is 0.687. The molecule has 1 aliphatic heterocycles. The van der Waals surface area contributed by atoms with Gasteiger partial charge < -0.3 is 9.32 Å². The number of nitrogens with zero attached hydrogens (tertiary/aromatic N) is 1. The Morgan fingerprint density at radius 2 is 2.17 bits per heavy atom. The van der Waals surface area contributed by atoms with Crippen molar-refractivity contribution in [3.63, 3.8) is 0 Å². The van der Waals surface area contributed by atoms with Gasteiger partial charge in [0.2, 0.25) is 5.91 Å². The third-order valence-corrected chi connectivity index (χ3v) is 5.94. The van der Waals surface area contributed by atoms with Crippen LogP contribution in [0.5, 0.6) is 0 Å². The van der Waals surface area contributed by atoms with Gasteiger partial charge in [0.25, 0.3) is 0 Å². The first-order valence-corrected chi connectivity index (χ1v) is 9.99. The molecule has 0 radical (unpaired) electrons. The van der Waals surface area contributed by atoms with Crippen molar-refractivity contribution in [2.75, 3.05) is 6.54 Å². The predicted octanol–water partition coefficient (Wildman–Crippen LogP) is 5.63. The first-order chi connectivity index (χ1) is 11.7. The van der Waals surface area contributed by atoms with Crippen LogP contribution >= 0.6 is 22.9 Å². The highest BCUT2D eigenvalue weighted by Gasteiger charge is 2.28. The number of carbonyl (C=O) groups excluding carboxylic acids is 1. The molecule has 0 N–H and O–H groups in total. The zero-order valence-electron chi connectivity index (χ0n) is 14.1. The van der Waals surface area contributed by atoms with E-state index in [1.165, 1.54) is 11.3 Å². The summed E-state index contributed by atoms with van der Waals surface area (Å²) in [6, 6.07) is 8.09. The molecule has 0 aliphatic carbocycles. The zero-order chi connectivity index (χ0) is 16.9. The van der Waals surface area contributed by atoms with Crippen LogP contribution in [0.2, 0.25) is 4.34 Å². The van der Waals surface area contributed by atoms with E-state index in [9.17, 15) is 4.79 Å². The van der Waals surface area contributed by atoms with Gasteiger partial charge in [-0.05, 0) is 43.5 Å². The number of hydrogen-bond donors (Lipinski definition) is 0. The summed E-state index contributed by atoms with van der Waals surface area (Å²) >= 11 is 7.54. The molecule has 0 bridgehead atoms. The molecule has 2 aromatic rings. The van der Waals surface area contributed by atoms with Crippen LogP contribution in [0, 0.1) is 0 Å². The molecule has 0 spiro atoms. The largest absolute Gasteiger partial charge is 0.464 e. The molecule has 0 saturated carbocycles. The van der Waals surface area contributed by atoms with Crippen LogP contribution in [0.4, 0.5) is 0 Å². The predicted molar refractivity (Wildman–Crippen MR) is 98.7 cm³/mol. The molecule has 0 aromatic carbocycles. The summed E-state index contributed by atoms with van der Waals surface area (Å²) in [5.41, 5.74) is 0. The Hall–Kier alpha value is -1.26. The van der Waals surface area contributed by atoms with E-state index >= 15 is 0 Å². The van der Waals surface area contributed by atoms with Gasteiger partial charge in [0.1, 0.15) is 11.5 Å². The molecule has 3 rings (SSSR count). The Balaban J connectivity index is 1.70. The van der Waals surface area contributed by atoms with Crippen LogP contribution in [0.25, 0.3) is 0 Å². The second-order valence-corrected chi connectivity index (χ2v) is 8.12. The summed E-state index contributed by atoms with van der Waals surface area (Å²) in [4.78, 5) is 16.1. The fourth-order valence-electron chi connectivity index (χ4n) is 3.33. The van der Waals surface area contributed by atoms with Crippen LogP contribution in [-0.4, -0.2) is 17.4 Å². The van der Waals surface area contributed by atoms with Gasteiger partial charge in [0.05, 0.1) is 10.4 Å². The van der Waals surface area contributed by atoms with E-state index in [1.807, 2.05) is 29.2 Å². The number of carbonyl (C=O) groups is 1. The maximum absolute atomic E-state index is 12.8. The minimum atomic E-state index is 0.0900. The molecular weight excluding hydrogens is 342 g/mol. The van der Waals surface area contributed by atoms with E-state index in [1.54, 1.807) is 11.3 Å². The molecular formula is C19H24ClNO2S. The number of hydrogen-bond acceptors (Lipinski definition) is 3. The van der Waals surface area contributed by atoms with Crippen molar-refractivity contribution in [2.45, 2.75) is 57.9 Å². The summed E-state index contributed by atoms with van der Waals surface area (Å²) in [6.07, 6.45) is 6.59. The van der Waals surface area contributed by atoms with E-state index in [0.29, 0.717) is 6.42 Å². The molecule has 3 heterocycles. The lowest BCUT2D eigenvalue weighted by Crippen LogP contribution is -2.34. The average Bonchev–Trinajstić information content (AvgIpc) is 3.15. The average molecular weight is 366 g/mol. The van der Waals surface area contributed by atoms with Gasteiger partial charge in [-0.25, -0.2) is 0 Å². The molecule has 1 fully saturated rings.